The lowest BCUT2D eigenvalue weighted by molar-refractivity contribution is 0.200. The normalized spacial score (nSPS) is 16.8. The molecule has 0 bridgehead atoms. The van der Waals surface area contributed by atoms with Gasteiger partial charge in [-0.2, -0.15) is 20.2 Å². The van der Waals surface area contributed by atoms with Crippen LogP contribution in [0.1, 0.15) is 6.92 Å². The average Bonchev–Trinajstić information content (AvgIpc) is 3.27. The van der Waals surface area contributed by atoms with E-state index in [4.69, 9.17) is 5.73 Å². The molecule has 1 atom stereocenters. The molecule has 12 heteroatoms. The summed E-state index contributed by atoms with van der Waals surface area (Å²) in [5.74, 6) is 0.842. The fourth-order valence-electron chi connectivity index (χ4n) is 4.21. The van der Waals surface area contributed by atoms with E-state index in [-0.39, 0.29) is 23.8 Å². The Morgan fingerprint density at radius 1 is 1.19 bits per heavy atom. The first-order valence-corrected chi connectivity index (χ1v) is 10.2. The number of aryl methyl sites for hydroxylation is 2. The second kappa shape index (κ2) is 7.32. The fraction of sp³-hybridized carbons (Fsp3) is 0.350. The maximum absolute atomic E-state index is 13.7. The number of nitrogens with one attached hydrogen (secondary N) is 1. The lowest BCUT2D eigenvalue weighted by Gasteiger charge is -2.40. The van der Waals surface area contributed by atoms with Crippen LogP contribution in [0.4, 0.5) is 26.8 Å². The van der Waals surface area contributed by atoms with Gasteiger partial charge in [0.05, 0.1) is 17.1 Å². The molecule has 166 valence electrons. The van der Waals surface area contributed by atoms with Crippen molar-refractivity contribution in [3.05, 3.63) is 30.2 Å². The molecule has 32 heavy (non-hydrogen) atoms. The van der Waals surface area contributed by atoms with E-state index < -0.39 is 0 Å². The van der Waals surface area contributed by atoms with E-state index in [0.717, 1.165) is 10.9 Å². The molecule has 1 fully saturated rings. The Hall–Kier alpha value is -3.96. The van der Waals surface area contributed by atoms with Crippen molar-refractivity contribution in [3.63, 3.8) is 0 Å². The van der Waals surface area contributed by atoms with Gasteiger partial charge in [-0.1, -0.05) is 0 Å². The number of anilines is 3. The number of nitrogens with two attached hydrogens (primary N) is 1. The zero-order valence-electron chi connectivity index (χ0n) is 17.9. The molecule has 1 saturated heterocycles. The molecule has 4 aromatic rings. The Bertz CT molecular complexity index is 1350. The molecule has 5 rings (SSSR count). The molecule has 4 heterocycles. The van der Waals surface area contributed by atoms with Crippen LogP contribution in [-0.2, 0) is 14.1 Å². The highest BCUT2D eigenvalue weighted by Gasteiger charge is 2.30. The summed E-state index contributed by atoms with van der Waals surface area (Å²) in [6, 6.07) is 4.08. The molecule has 1 aliphatic heterocycles. The van der Waals surface area contributed by atoms with E-state index >= 15 is 0 Å². The van der Waals surface area contributed by atoms with Crippen molar-refractivity contribution in [3.8, 4) is 0 Å². The number of halogens is 1. The van der Waals surface area contributed by atoms with Crippen LogP contribution >= 0.6 is 0 Å². The molecule has 3 aromatic heterocycles. The molecular formula is C20H23FN10O. The number of fused-ring (bicyclic) bond motifs is 2. The molecule has 0 saturated carbocycles. The minimum absolute atomic E-state index is 0.0230. The molecule has 11 nitrogen and oxygen atoms in total. The minimum atomic E-state index is -0.380. The Balaban J connectivity index is 1.35. The van der Waals surface area contributed by atoms with Crippen molar-refractivity contribution in [1.82, 2.24) is 34.4 Å². The first kappa shape index (κ1) is 20.0. The molecule has 3 N–H and O–H groups in total. The van der Waals surface area contributed by atoms with Gasteiger partial charge in [-0.15, -0.1) is 0 Å². The Labute approximate surface area is 182 Å². The van der Waals surface area contributed by atoms with Crippen molar-refractivity contribution in [2.75, 3.05) is 35.6 Å². The van der Waals surface area contributed by atoms with Crippen LogP contribution in [0, 0.1) is 5.82 Å². The number of urea groups is 1. The third kappa shape index (κ3) is 3.24. The van der Waals surface area contributed by atoms with Crippen LogP contribution in [0.15, 0.2) is 24.4 Å². The highest BCUT2D eigenvalue weighted by Crippen LogP contribution is 2.28. The van der Waals surface area contributed by atoms with E-state index in [1.54, 1.807) is 40.6 Å². The Morgan fingerprint density at radius 3 is 2.78 bits per heavy atom. The predicted molar refractivity (Wildman–Crippen MR) is 119 cm³/mol. The largest absolute Gasteiger partial charge is 0.368 e. The molecule has 1 aliphatic rings. The lowest BCUT2D eigenvalue weighted by atomic mass is 10.2. The molecule has 2 amide bonds. The van der Waals surface area contributed by atoms with Crippen LogP contribution in [0.25, 0.3) is 21.9 Å². The van der Waals surface area contributed by atoms with Crippen LogP contribution in [0.5, 0.6) is 0 Å². The quantitative estimate of drug-likeness (QED) is 0.488. The second-order valence-corrected chi connectivity index (χ2v) is 7.96. The summed E-state index contributed by atoms with van der Waals surface area (Å²) in [7, 11) is 3.56. The van der Waals surface area contributed by atoms with Gasteiger partial charge >= 0.3 is 6.03 Å². The van der Waals surface area contributed by atoms with Gasteiger partial charge in [0, 0.05) is 45.2 Å². The molecule has 0 radical (unpaired) electrons. The van der Waals surface area contributed by atoms with Gasteiger partial charge in [-0.3, -0.25) is 14.7 Å². The van der Waals surface area contributed by atoms with Gasteiger partial charge in [0.15, 0.2) is 11.5 Å². The zero-order chi connectivity index (χ0) is 22.6. The van der Waals surface area contributed by atoms with E-state index in [0.29, 0.717) is 42.3 Å². The second-order valence-electron chi connectivity index (χ2n) is 7.96. The number of hydrogen-bond acceptors (Lipinski definition) is 7. The van der Waals surface area contributed by atoms with Crippen LogP contribution in [0.2, 0.25) is 0 Å². The monoisotopic (exact) mass is 438 g/mol. The summed E-state index contributed by atoms with van der Waals surface area (Å²) in [5.41, 5.74) is 7.32. The number of carbonyl (C=O) groups excluding carboxylic acids is 1. The lowest BCUT2D eigenvalue weighted by Crippen LogP contribution is -2.55. The maximum Gasteiger partial charge on any atom is 0.323 e. The third-order valence-corrected chi connectivity index (χ3v) is 5.81. The van der Waals surface area contributed by atoms with Gasteiger partial charge in [0.2, 0.25) is 5.95 Å². The number of rotatable bonds is 2. The summed E-state index contributed by atoms with van der Waals surface area (Å²) in [6.07, 6.45) is 1.72. The van der Waals surface area contributed by atoms with E-state index in [2.05, 4.69) is 30.4 Å². The standard InChI is InChI=1S/C20H23FN10O/c1-11-10-30(20(32)24-16-13-8-12(21)4-5-15(13)28(2)27-16)6-7-31(11)18-14-9-23-29(3)17(14)25-19(22)26-18/h4-5,8-9,11H,6-7,10H2,1-3H3,(H2,22,25,26)(H,24,27,32)/t11-/m0/s1. The van der Waals surface area contributed by atoms with E-state index in [9.17, 15) is 9.18 Å². The number of amides is 2. The Morgan fingerprint density at radius 2 is 2.00 bits per heavy atom. The smallest absolute Gasteiger partial charge is 0.323 e. The van der Waals surface area contributed by atoms with Gasteiger partial charge in [-0.25, -0.2) is 9.18 Å². The molecule has 0 spiro atoms. The summed E-state index contributed by atoms with van der Waals surface area (Å²) in [4.78, 5) is 25.5. The van der Waals surface area contributed by atoms with Crippen molar-refractivity contribution in [2.24, 2.45) is 14.1 Å². The van der Waals surface area contributed by atoms with Crippen molar-refractivity contribution in [1.29, 1.82) is 0 Å². The zero-order valence-corrected chi connectivity index (χ0v) is 17.9. The predicted octanol–water partition coefficient (Wildman–Crippen LogP) is 1.71. The number of nitrogens with zero attached hydrogens (tertiary/aromatic N) is 8. The Kier molecular flexibility index (Phi) is 4.57. The van der Waals surface area contributed by atoms with Crippen LogP contribution in [-0.4, -0.2) is 66.1 Å². The maximum atomic E-state index is 13.7. The summed E-state index contributed by atoms with van der Waals surface area (Å²) < 4.78 is 17.0. The number of piperazine rings is 1. The van der Waals surface area contributed by atoms with Crippen molar-refractivity contribution >= 4 is 45.6 Å². The number of aromatic nitrogens is 6. The van der Waals surface area contributed by atoms with E-state index in [1.807, 2.05) is 6.92 Å². The van der Waals surface area contributed by atoms with Crippen molar-refractivity contribution < 1.29 is 9.18 Å². The third-order valence-electron chi connectivity index (χ3n) is 5.81. The first-order valence-electron chi connectivity index (χ1n) is 10.2. The first-order chi connectivity index (χ1) is 15.3. The SMILES string of the molecule is C[C@H]1CN(C(=O)Nc2nn(C)c3ccc(F)cc23)CCN1c1nc(N)nc2c1cnn2C. The van der Waals surface area contributed by atoms with E-state index in [1.165, 1.54) is 12.1 Å². The number of hydrogen-bond donors (Lipinski definition) is 2. The molecule has 1 aromatic carbocycles. The van der Waals surface area contributed by atoms with Crippen molar-refractivity contribution in [2.45, 2.75) is 13.0 Å². The average molecular weight is 438 g/mol. The molecule has 0 unspecified atom stereocenters. The topological polar surface area (TPSA) is 123 Å². The summed E-state index contributed by atoms with van der Waals surface area (Å²) in [6.45, 7) is 3.52. The number of nitrogen functional groups attached to an aromatic ring is 1. The summed E-state index contributed by atoms with van der Waals surface area (Å²) in [5, 5.41) is 12.8. The molecular weight excluding hydrogens is 415 g/mol. The van der Waals surface area contributed by atoms with Gasteiger partial charge < -0.3 is 15.5 Å². The molecule has 0 aliphatic carbocycles. The number of carbonyl (C=O) groups is 1. The number of benzene rings is 1. The van der Waals surface area contributed by atoms with Crippen LogP contribution < -0.4 is 16.0 Å². The van der Waals surface area contributed by atoms with Gasteiger partial charge in [-0.05, 0) is 25.1 Å². The summed E-state index contributed by atoms with van der Waals surface area (Å²) >= 11 is 0. The minimum Gasteiger partial charge on any atom is -0.368 e. The van der Waals surface area contributed by atoms with Gasteiger partial charge in [0.1, 0.15) is 11.6 Å². The van der Waals surface area contributed by atoms with Crippen LogP contribution in [0.3, 0.4) is 0 Å². The fourth-order valence-corrected chi connectivity index (χ4v) is 4.21. The highest BCUT2D eigenvalue weighted by atomic mass is 19.1. The highest BCUT2D eigenvalue weighted by molar-refractivity contribution is 5.99. The van der Waals surface area contributed by atoms with Gasteiger partial charge in [0.25, 0.3) is 0 Å².